The Balaban J connectivity index is 2.00. The Morgan fingerprint density at radius 2 is 1.28 bits per heavy atom. The molecule has 0 aliphatic rings. The minimum atomic E-state index is -4.59. The van der Waals surface area contributed by atoms with E-state index in [0.29, 0.717) is 5.69 Å². The smallest absolute Gasteiger partial charge is 0.416 e. The van der Waals surface area contributed by atoms with Crippen LogP contribution in [-0.4, -0.2) is 11.9 Å². The van der Waals surface area contributed by atoms with Gasteiger partial charge in [-0.1, -0.05) is 54.6 Å². The van der Waals surface area contributed by atoms with Crippen molar-refractivity contribution in [2.24, 2.45) is 0 Å². The molecule has 2 nitrogen and oxygen atoms in total. The molecule has 0 unspecified atom stereocenters. The molecule has 1 heterocycles. The Morgan fingerprint density at radius 3 is 1.72 bits per heavy atom. The lowest BCUT2D eigenvalue weighted by Gasteiger charge is -2.18. The summed E-state index contributed by atoms with van der Waals surface area (Å²) in [4.78, 5) is 4.07. The fourth-order valence-electron chi connectivity index (χ4n) is 2.79. The Morgan fingerprint density at radius 1 is 0.724 bits per heavy atom. The molecule has 2 aromatic carbocycles. The number of nitrogens with zero attached hydrogens (tertiary/aromatic N) is 1. The molecule has 0 aliphatic carbocycles. The average Bonchev–Trinajstić information content (AvgIpc) is 2.68. The maximum atomic E-state index is 13.1. The molecule has 1 aromatic heterocycles. The summed E-state index contributed by atoms with van der Waals surface area (Å²) in [6.07, 6.45) is -7.66. The molecule has 3 aromatic rings. The molecule has 0 aliphatic heterocycles. The van der Waals surface area contributed by atoms with Gasteiger partial charge >= 0.3 is 19.3 Å². The molecule has 0 bridgehead atoms. The van der Waals surface area contributed by atoms with E-state index in [1.165, 1.54) is 30.5 Å². The van der Waals surface area contributed by atoms with E-state index in [-0.39, 0.29) is 17.5 Å². The van der Waals surface area contributed by atoms with Gasteiger partial charge < -0.3 is 4.65 Å². The van der Waals surface area contributed by atoms with E-state index in [4.69, 9.17) is 4.65 Å². The lowest BCUT2D eigenvalue weighted by molar-refractivity contribution is -0.138. The van der Waals surface area contributed by atoms with Crippen LogP contribution < -0.4 is 10.9 Å². The van der Waals surface area contributed by atoms with Gasteiger partial charge in [0.05, 0.1) is 23.4 Å². The first-order chi connectivity index (χ1) is 13.6. The SMILES string of the molecule is FC(F)(F)c1cccc(B(OCc2ccccn2)c2cccc(C(F)(F)F)c2)c1. The van der Waals surface area contributed by atoms with Crippen LogP contribution in [0.25, 0.3) is 0 Å². The van der Waals surface area contributed by atoms with Gasteiger partial charge in [0, 0.05) is 6.20 Å². The molecule has 0 saturated heterocycles. The second kappa shape index (κ2) is 8.28. The van der Waals surface area contributed by atoms with Crippen molar-refractivity contribution >= 4 is 17.8 Å². The van der Waals surface area contributed by atoms with E-state index in [1.54, 1.807) is 18.2 Å². The number of hydrogen-bond acceptors (Lipinski definition) is 2. The summed E-state index contributed by atoms with van der Waals surface area (Å²) in [5.41, 5.74) is -1.14. The van der Waals surface area contributed by atoms with Crippen LogP contribution in [0.1, 0.15) is 16.8 Å². The molecule has 150 valence electrons. The van der Waals surface area contributed by atoms with Gasteiger partial charge in [-0.2, -0.15) is 26.3 Å². The molecule has 0 fully saturated rings. The van der Waals surface area contributed by atoms with Crippen LogP contribution in [0.4, 0.5) is 26.3 Å². The van der Waals surface area contributed by atoms with Crippen molar-refractivity contribution < 1.29 is 31.0 Å². The summed E-state index contributed by atoms with van der Waals surface area (Å²) in [5.74, 6) is 0. The number of pyridine rings is 1. The van der Waals surface area contributed by atoms with Crippen molar-refractivity contribution in [3.8, 4) is 0 Å². The third-order valence-electron chi connectivity index (χ3n) is 4.16. The van der Waals surface area contributed by atoms with Crippen molar-refractivity contribution in [1.82, 2.24) is 4.98 Å². The molecular formula is C20H14BF6NO. The molecule has 0 spiro atoms. The number of hydrogen-bond donors (Lipinski definition) is 0. The van der Waals surface area contributed by atoms with Crippen LogP contribution in [-0.2, 0) is 23.6 Å². The zero-order valence-electron chi connectivity index (χ0n) is 14.8. The van der Waals surface area contributed by atoms with Crippen molar-refractivity contribution in [3.05, 3.63) is 89.7 Å². The number of benzene rings is 2. The van der Waals surface area contributed by atoms with Crippen LogP contribution in [0.2, 0.25) is 0 Å². The standard InChI is InChI=1S/C20H14BF6NO/c22-19(23,24)14-5-3-7-16(11-14)21(29-13-18-9-1-2-10-28-18)17-8-4-6-15(12-17)20(25,26)27/h1-12H,13H2. The Bertz CT molecular complexity index is 901. The highest BCUT2D eigenvalue weighted by atomic mass is 19.4. The zero-order valence-corrected chi connectivity index (χ0v) is 14.8. The first-order valence-corrected chi connectivity index (χ1v) is 8.50. The van der Waals surface area contributed by atoms with Crippen LogP contribution in [0.5, 0.6) is 0 Å². The van der Waals surface area contributed by atoms with E-state index in [0.717, 1.165) is 24.3 Å². The summed E-state index contributed by atoms with van der Waals surface area (Å²) >= 11 is 0. The molecule has 9 heteroatoms. The van der Waals surface area contributed by atoms with Gasteiger partial charge in [0.15, 0.2) is 0 Å². The highest BCUT2D eigenvalue weighted by Gasteiger charge is 2.34. The van der Waals surface area contributed by atoms with Gasteiger partial charge in [0.2, 0.25) is 0 Å². The second-order valence-corrected chi connectivity index (χ2v) is 6.26. The maximum Gasteiger partial charge on any atom is 0.416 e. The Labute approximate surface area is 163 Å². The van der Waals surface area contributed by atoms with Crippen molar-refractivity contribution in [2.75, 3.05) is 0 Å². The predicted octanol–water partition coefficient (Wildman–Crippen LogP) is 4.44. The summed E-state index contributed by atoms with van der Waals surface area (Å²) in [7, 11) is 0. The number of aromatic nitrogens is 1. The molecular weight excluding hydrogens is 395 g/mol. The molecule has 0 amide bonds. The quantitative estimate of drug-likeness (QED) is 0.459. The van der Waals surface area contributed by atoms with Crippen molar-refractivity contribution in [2.45, 2.75) is 19.0 Å². The topological polar surface area (TPSA) is 22.1 Å². The molecule has 0 N–H and O–H groups in total. The Hall–Kier alpha value is -2.81. The summed E-state index contributed by atoms with van der Waals surface area (Å²) in [6.45, 7) is -1.22. The summed E-state index contributed by atoms with van der Waals surface area (Å²) in [5, 5.41) is 0. The van der Waals surface area contributed by atoms with Gasteiger partial charge in [0.25, 0.3) is 0 Å². The normalized spacial score (nSPS) is 12.1. The lowest BCUT2D eigenvalue weighted by atomic mass is 9.55. The predicted molar refractivity (Wildman–Crippen MR) is 96.9 cm³/mol. The van der Waals surface area contributed by atoms with Gasteiger partial charge in [-0.15, -0.1) is 0 Å². The third kappa shape index (κ3) is 5.38. The van der Waals surface area contributed by atoms with E-state index in [2.05, 4.69) is 4.98 Å². The summed E-state index contributed by atoms with van der Waals surface area (Å²) in [6, 6.07) is 13.7. The minimum absolute atomic E-state index is 0.0853. The highest BCUT2D eigenvalue weighted by molar-refractivity contribution is 6.80. The van der Waals surface area contributed by atoms with Crippen molar-refractivity contribution in [3.63, 3.8) is 0 Å². The fraction of sp³-hybridized carbons (Fsp3) is 0.150. The van der Waals surface area contributed by atoms with Gasteiger partial charge in [-0.3, -0.25) is 4.98 Å². The van der Waals surface area contributed by atoms with Gasteiger partial charge in [0.1, 0.15) is 0 Å². The number of rotatable bonds is 5. The van der Waals surface area contributed by atoms with E-state index >= 15 is 0 Å². The number of halogens is 6. The van der Waals surface area contributed by atoms with Crippen LogP contribution >= 0.6 is 0 Å². The molecule has 29 heavy (non-hydrogen) atoms. The molecule has 3 rings (SSSR count). The third-order valence-corrected chi connectivity index (χ3v) is 4.16. The average molecular weight is 409 g/mol. The van der Waals surface area contributed by atoms with Crippen molar-refractivity contribution in [1.29, 1.82) is 0 Å². The van der Waals surface area contributed by atoms with E-state index < -0.39 is 30.4 Å². The largest absolute Gasteiger partial charge is 0.421 e. The van der Waals surface area contributed by atoms with Gasteiger partial charge in [-0.25, -0.2) is 0 Å². The van der Waals surface area contributed by atoms with E-state index in [1.807, 2.05) is 0 Å². The first kappa shape index (κ1) is 20.9. The minimum Gasteiger partial charge on any atom is -0.421 e. The van der Waals surface area contributed by atoms with Crippen LogP contribution in [0.15, 0.2) is 72.9 Å². The van der Waals surface area contributed by atoms with Crippen LogP contribution in [0.3, 0.4) is 0 Å². The molecule has 0 saturated carbocycles. The highest BCUT2D eigenvalue weighted by Crippen LogP contribution is 2.29. The van der Waals surface area contributed by atoms with Gasteiger partial charge in [-0.05, 0) is 23.1 Å². The molecule has 0 atom stereocenters. The fourth-order valence-corrected chi connectivity index (χ4v) is 2.79. The summed E-state index contributed by atoms with van der Waals surface area (Å²) < 4.78 is 84.4. The molecule has 0 radical (unpaired) electrons. The monoisotopic (exact) mass is 409 g/mol. The zero-order chi connectivity index (χ0) is 21.1. The lowest BCUT2D eigenvalue weighted by Crippen LogP contribution is -2.45. The number of alkyl halides is 6. The Kier molecular flexibility index (Phi) is 5.98. The first-order valence-electron chi connectivity index (χ1n) is 8.50. The second-order valence-electron chi connectivity index (χ2n) is 6.26. The maximum absolute atomic E-state index is 13.1. The van der Waals surface area contributed by atoms with Crippen LogP contribution in [0, 0.1) is 0 Å². The van der Waals surface area contributed by atoms with E-state index in [9.17, 15) is 26.3 Å².